The largest absolute Gasteiger partial charge is 0.240 e. The first-order chi connectivity index (χ1) is 8.31. The first kappa shape index (κ1) is 13.0. The van der Waals surface area contributed by atoms with Crippen LogP contribution in [0.2, 0.25) is 0 Å². The van der Waals surface area contributed by atoms with Crippen LogP contribution in [-0.2, 0) is 0 Å². The summed E-state index contributed by atoms with van der Waals surface area (Å²) in [7, 11) is 0. The minimum atomic E-state index is 0.428. The van der Waals surface area contributed by atoms with E-state index in [-0.39, 0.29) is 0 Å². The molecule has 3 heteroatoms. The van der Waals surface area contributed by atoms with E-state index in [0.717, 1.165) is 5.52 Å². The zero-order valence-corrected chi connectivity index (χ0v) is 12.6. The maximum atomic E-state index is 4.68. The molecule has 1 atom stereocenters. The van der Waals surface area contributed by atoms with E-state index in [0.29, 0.717) is 4.83 Å². The quantitative estimate of drug-likeness (QED) is 0.492. The standard InChI is InChI=1S/C14H18BrNS/c1-2-3-4-5-8-11(15)14-16-12-9-6-7-10-13(12)17-14/h6-7,9-11H,2-5,8H2,1H3. The van der Waals surface area contributed by atoms with Crippen LogP contribution in [0.3, 0.4) is 0 Å². The lowest BCUT2D eigenvalue weighted by atomic mass is 10.1. The number of fused-ring (bicyclic) bond motifs is 1. The van der Waals surface area contributed by atoms with Gasteiger partial charge < -0.3 is 0 Å². The van der Waals surface area contributed by atoms with E-state index in [4.69, 9.17) is 0 Å². The fourth-order valence-electron chi connectivity index (χ4n) is 1.90. The van der Waals surface area contributed by atoms with Crippen molar-refractivity contribution in [2.45, 2.75) is 43.9 Å². The van der Waals surface area contributed by atoms with Gasteiger partial charge >= 0.3 is 0 Å². The summed E-state index contributed by atoms with van der Waals surface area (Å²) < 4.78 is 1.29. The van der Waals surface area contributed by atoms with E-state index in [1.807, 2.05) is 11.3 Å². The van der Waals surface area contributed by atoms with Gasteiger partial charge in [-0.3, -0.25) is 0 Å². The number of unbranched alkanes of at least 4 members (excludes halogenated alkanes) is 3. The molecule has 0 amide bonds. The Bertz CT molecular complexity index is 433. The number of hydrogen-bond acceptors (Lipinski definition) is 2. The number of aromatic nitrogens is 1. The number of rotatable bonds is 6. The van der Waals surface area contributed by atoms with E-state index in [1.165, 1.54) is 41.8 Å². The molecule has 2 aromatic rings. The van der Waals surface area contributed by atoms with Crippen molar-refractivity contribution in [2.75, 3.05) is 0 Å². The Morgan fingerprint density at radius 1 is 1.24 bits per heavy atom. The molecule has 0 aliphatic heterocycles. The molecule has 0 fully saturated rings. The summed E-state index contributed by atoms with van der Waals surface area (Å²) in [5.74, 6) is 0. The highest BCUT2D eigenvalue weighted by molar-refractivity contribution is 9.09. The fraction of sp³-hybridized carbons (Fsp3) is 0.500. The van der Waals surface area contributed by atoms with Crippen molar-refractivity contribution in [1.29, 1.82) is 0 Å². The molecule has 0 aliphatic carbocycles. The summed E-state index contributed by atoms with van der Waals surface area (Å²) >= 11 is 5.58. The predicted molar refractivity (Wildman–Crippen MR) is 80.0 cm³/mol. The van der Waals surface area contributed by atoms with Crippen LogP contribution in [0.4, 0.5) is 0 Å². The van der Waals surface area contributed by atoms with Crippen LogP contribution in [0, 0.1) is 0 Å². The Kier molecular flexibility index (Phi) is 4.99. The van der Waals surface area contributed by atoms with Crippen molar-refractivity contribution in [3.8, 4) is 0 Å². The Balaban J connectivity index is 1.96. The van der Waals surface area contributed by atoms with E-state index in [1.54, 1.807) is 0 Å². The van der Waals surface area contributed by atoms with Crippen molar-refractivity contribution in [3.63, 3.8) is 0 Å². The maximum absolute atomic E-state index is 4.68. The van der Waals surface area contributed by atoms with E-state index >= 15 is 0 Å². The third-order valence-corrected chi connectivity index (χ3v) is 5.23. The molecule has 0 spiro atoms. The number of benzene rings is 1. The average Bonchev–Trinajstić information content (AvgIpc) is 2.78. The van der Waals surface area contributed by atoms with Crippen LogP contribution in [0.25, 0.3) is 10.2 Å². The van der Waals surface area contributed by atoms with Gasteiger partial charge in [0.15, 0.2) is 0 Å². The van der Waals surface area contributed by atoms with Crippen LogP contribution in [0.1, 0.15) is 48.9 Å². The second kappa shape index (κ2) is 6.50. The van der Waals surface area contributed by atoms with Crippen molar-refractivity contribution >= 4 is 37.5 Å². The number of hydrogen-bond donors (Lipinski definition) is 0. The highest BCUT2D eigenvalue weighted by atomic mass is 79.9. The number of halogens is 1. The topological polar surface area (TPSA) is 12.9 Å². The molecule has 0 aliphatic rings. The van der Waals surface area contributed by atoms with Gasteiger partial charge in [0.2, 0.25) is 0 Å². The normalized spacial score (nSPS) is 13.1. The van der Waals surface area contributed by atoms with Crippen LogP contribution in [0.15, 0.2) is 24.3 Å². The minimum absolute atomic E-state index is 0.428. The molecule has 0 N–H and O–H groups in total. The lowest BCUT2D eigenvalue weighted by Gasteiger charge is -2.05. The van der Waals surface area contributed by atoms with Gasteiger partial charge in [-0.2, -0.15) is 0 Å². The number of alkyl halides is 1. The molecule has 2 rings (SSSR count). The van der Waals surface area contributed by atoms with Crippen LogP contribution >= 0.6 is 27.3 Å². The Hall–Kier alpha value is -0.410. The van der Waals surface area contributed by atoms with Crippen LogP contribution in [0.5, 0.6) is 0 Å². The minimum Gasteiger partial charge on any atom is -0.240 e. The summed E-state index contributed by atoms with van der Waals surface area (Å²) in [4.78, 5) is 5.11. The first-order valence-electron chi connectivity index (χ1n) is 6.31. The molecular weight excluding hydrogens is 294 g/mol. The van der Waals surface area contributed by atoms with Gasteiger partial charge in [0, 0.05) is 0 Å². The smallest absolute Gasteiger partial charge is 0.107 e. The van der Waals surface area contributed by atoms with E-state index in [2.05, 4.69) is 52.1 Å². The third-order valence-electron chi connectivity index (χ3n) is 2.89. The second-order valence-electron chi connectivity index (χ2n) is 4.34. The molecule has 1 heterocycles. The van der Waals surface area contributed by atoms with Crippen molar-refractivity contribution in [3.05, 3.63) is 29.3 Å². The molecule has 1 unspecified atom stereocenters. The molecule has 17 heavy (non-hydrogen) atoms. The lowest BCUT2D eigenvalue weighted by molar-refractivity contribution is 0.629. The molecule has 0 radical (unpaired) electrons. The van der Waals surface area contributed by atoms with Gasteiger partial charge in [-0.1, -0.05) is 60.7 Å². The molecule has 0 saturated heterocycles. The van der Waals surface area contributed by atoms with Crippen molar-refractivity contribution in [2.24, 2.45) is 0 Å². The van der Waals surface area contributed by atoms with Gasteiger partial charge in [-0.15, -0.1) is 11.3 Å². The molecule has 1 aromatic carbocycles. The van der Waals surface area contributed by atoms with Crippen LogP contribution < -0.4 is 0 Å². The van der Waals surface area contributed by atoms with Gasteiger partial charge in [-0.05, 0) is 18.6 Å². The highest BCUT2D eigenvalue weighted by Crippen LogP contribution is 2.34. The van der Waals surface area contributed by atoms with Gasteiger partial charge in [0.1, 0.15) is 5.01 Å². The van der Waals surface area contributed by atoms with Crippen molar-refractivity contribution < 1.29 is 0 Å². The maximum Gasteiger partial charge on any atom is 0.107 e. The Labute approximate surface area is 115 Å². The number of nitrogens with zero attached hydrogens (tertiary/aromatic N) is 1. The SMILES string of the molecule is CCCCCCC(Br)c1nc2ccccc2s1. The monoisotopic (exact) mass is 311 g/mol. The summed E-state index contributed by atoms with van der Waals surface area (Å²) in [6.45, 7) is 2.25. The highest BCUT2D eigenvalue weighted by Gasteiger charge is 2.12. The number of thiazole rings is 1. The summed E-state index contributed by atoms with van der Waals surface area (Å²) in [6.07, 6.45) is 6.47. The Morgan fingerprint density at radius 2 is 2.06 bits per heavy atom. The molecule has 0 bridgehead atoms. The summed E-state index contributed by atoms with van der Waals surface area (Å²) in [5.41, 5.74) is 1.13. The van der Waals surface area contributed by atoms with Gasteiger partial charge in [0.25, 0.3) is 0 Å². The molecular formula is C14H18BrNS. The van der Waals surface area contributed by atoms with Gasteiger partial charge in [-0.25, -0.2) is 4.98 Å². The van der Waals surface area contributed by atoms with Crippen LogP contribution in [-0.4, -0.2) is 4.98 Å². The summed E-state index contributed by atoms with van der Waals surface area (Å²) in [5, 5.41) is 1.22. The molecule has 92 valence electrons. The van der Waals surface area contributed by atoms with Gasteiger partial charge in [0.05, 0.1) is 15.0 Å². The first-order valence-corrected chi connectivity index (χ1v) is 8.04. The molecule has 0 saturated carbocycles. The zero-order valence-electron chi connectivity index (χ0n) is 10.2. The van der Waals surface area contributed by atoms with Crippen molar-refractivity contribution in [1.82, 2.24) is 4.98 Å². The second-order valence-corrected chi connectivity index (χ2v) is 6.50. The summed E-state index contributed by atoms with van der Waals surface area (Å²) in [6, 6.07) is 8.37. The molecule has 1 aromatic heterocycles. The van der Waals surface area contributed by atoms with E-state index in [9.17, 15) is 0 Å². The number of para-hydroxylation sites is 1. The fourth-order valence-corrected chi connectivity index (χ4v) is 3.58. The Morgan fingerprint density at radius 3 is 2.82 bits per heavy atom. The average molecular weight is 312 g/mol. The van der Waals surface area contributed by atoms with E-state index < -0.39 is 0 Å². The third kappa shape index (κ3) is 3.52. The predicted octanol–water partition coefficient (Wildman–Crippen LogP) is 5.70. The lowest BCUT2D eigenvalue weighted by Crippen LogP contribution is -1.89. The zero-order chi connectivity index (χ0) is 12.1. The molecule has 1 nitrogen and oxygen atoms in total.